The summed E-state index contributed by atoms with van der Waals surface area (Å²) in [6, 6.07) is 15.4. The fraction of sp³-hybridized carbons (Fsp3) is 0.167. The number of nitriles is 1. The minimum absolute atomic E-state index is 0.0577. The summed E-state index contributed by atoms with van der Waals surface area (Å²) in [4.78, 5) is 25.4. The van der Waals surface area contributed by atoms with Crippen LogP contribution in [0.5, 0.6) is 5.75 Å². The van der Waals surface area contributed by atoms with Gasteiger partial charge in [0, 0.05) is 23.0 Å². The summed E-state index contributed by atoms with van der Waals surface area (Å²) in [5, 5.41) is 11.3. The number of cyclic esters (lactones) is 1. The summed E-state index contributed by atoms with van der Waals surface area (Å²) in [6.45, 7) is 0.808. The van der Waals surface area contributed by atoms with E-state index in [0.29, 0.717) is 35.8 Å². The van der Waals surface area contributed by atoms with E-state index in [4.69, 9.17) is 14.7 Å². The molecule has 2 aromatic rings. The highest BCUT2D eigenvalue weighted by Gasteiger charge is 2.23. The molecule has 2 aromatic carbocycles. The van der Waals surface area contributed by atoms with Gasteiger partial charge in [0.1, 0.15) is 18.4 Å². The zero-order valence-corrected chi connectivity index (χ0v) is 13.3. The van der Waals surface area contributed by atoms with Crippen molar-refractivity contribution < 1.29 is 19.1 Å². The standard InChI is InChI=1S/C18H15N3O4/c19-8-10-24-16-3-1-2-14(12-16)20-17(22)13-4-6-15(7-5-13)21-9-11-25-18(21)23/h1-7,12H,9-11H2,(H,20,22). The van der Waals surface area contributed by atoms with Crippen molar-refractivity contribution in [2.45, 2.75) is 0 Å². The average Bonchev–Trinajstić information content (AvgIpc) is 3.06. The number of ether oxygens (including phenoxy) is 2. The number of benzene rings is 2. The van der Waals surface area contributed by atoms with Crippen LogP contribution in [0.4, 0.5) is 16.2 Å². The molecule has 7 nitrogen and oxygen atoms in total. The van der Waals surface area contributed by atoms with Crippen molar-refractivity contribution >= 4 is 23.4 Å². The number of hydrogen-bond acceptors (Lipinski definition) is 5. The Bertz CT molecular complexity index is 827. The lowest BCUT2D eigenvalue weighted by Crippen LogP contribution is -2.23. The Hall–Kier alpha value is -3.53. The van der Waals surface area contributed by atoms with E-state index in [-0.39, 0.29) is 18.6 Å². The molecule has 0 saturated carbocycles. The van der Waals surface area contributed by atoms with Crippen LogP contribution in [0.1, 0.15) is 10.4 Å². The van der Waals surface area contributed by atoms with Gasteiger partial charge in [-0.1, -0.05) is 6.07 Å². The lowest BCUT2D eigenvalue weighted by molar-refractivity contribution is 0.102. The number of nitrogens with zero attached hydrogens (tertiary/aromatic N) is 2. The Morgan fingerprint density at radius 2 is 2.08 bits per heavy atom. The molecule has 1 saturated heterocycles. The van der Waals surface area contributed by atoms with E-state index in [2.05, 4.69) is 5.32 Å². The first kappa shape index (κ1) is 16.3. The Kier molecular flexibility index (Phi) is 4.81. The molecular formula is C18H15N3O4. The SMILES string of the molecule is N#CCOc1cccc(NC(=O)c2ccc(N3CCOC3=O)cc2)c1. The molecular weight excluding hydrogens is 322 g/mol. The Morgan fingerprint density at radius 3 is 2.76 bits per heavy atom. The van der Waals surface area contributed by atoms with E-state index in [1.54, 1.807) is 48.5 Å². The van der Waals surface area contributed by atoms with Gasteiger partial charge in [-0.3, -0.25) is 9.69 Å². The largest absolute Gasteiger partial charge is 0.479 e. The first-order chi connectivity index (χ1) is 12.2. The summed E-state index contributed by atoms with van der Waals surface area (Å²) < 4.78 is 10.1. The average molecular weight is 337 g/mol. The number of carbonyl (C=O) groups excluding carboxylic acids is 2. The van der Waals surface area contributed by atoms with Gasteiger partial charge in [-0.15, -0.1) is 0 Å². The van der Waals surface area contributed by atoms with Crippen LogP contribution in [0.25, 0.3) is 0 Å². The molecule has 0 atom stereocenters. The zero-order chi connectivity index (χ0) is 17.6. The number of anilines is 2. The third-order valence-corrected chi connectivity index (χ3v) is 3.60. The molecule has 2 amide bonds. The monoisotopic (exact) mass is 337 g/mol. The summed E-state index contributed by atoms with van der Waals surface area (Å²) in [7, 11) is 0. The summed E-state index contributed by atoms with van der Waals surface area (Å²) >= 11 is 0. The number of rotatable bonds is 5. The molecule has 126 valence electrons. The van der Waals surface area contributed by atoms with Crippen molar-refractivity contribution in [3.63, 3.8) is 0 Å². The first-order valence-corrected chi connectivity index (χ1v) is 7.63. The molecule has 0 aliphatic carbocycles. The van der Waals surface area contributed by atoms with Crippen molar-refractivity contribution in [3.8, 4) is 11.8 Å². The molecule has 1 N–H and O–H groups in total. The first-order valence-electron chi connectivity index (χ1n) is 7.63. The normalized spacial score (nSPS) is 13.1. The van der Waals surface area contributed by atoms with E-state index in [1.807, 2.05) is 6.07 Å². The Balaban J connectivity index is 1.67. The second-order valence-electron chi connectivity index (χ2n) is 5.24. The number of carbonyl (C=O) groups is 2. The van der Waals surface area contributed by atoms with E-state index in [1.165, 1.54) is 4.90 Å². The summed E-state index contributed by atoms with van der Waals surface area (Å²) in [6.07, 6.45) is -0.383. The Morgan fingerprint density at radius 1 is 1.28 bits per heavy atom. The van der Waals surface area contributed by atoms with Gasteiger partial charge in [0.2, 0.25) is 0 Å². The van der Waals surface area contributed by atoms with E-state index < -0.39 is 0 Å². The molecule has 0 bridgehead atoms. The van der Waals surface area contributed by atoms with Crippen molar-refractivity contribution in [3.05, 3.63) is 54.1 Å². The molecule has 0 aromatic heterocycles. The fourth-order valence-electron chi connectivity index (χ4n) is 2.40. The third-order valence-electron chi connectivity index (χ3n) is 3.60. The van der Waals surface area contributed by atoms with E-state index in [0.717, 1.165) is 0 Å². The van der Waals surface area contributed by atoms with Crippen LogP contribution in [0.2, 0.25) is 0 Å². The quantitative estimate of drug-likeness (QED) is 0.906. The van der Waals surface area contributed by atoms with Crippen LogP contribution in [0.15, 0.2) is 48.5 Å². The van der Waals surface area contributed by atoms with Gasteiger partial charge in [0.15, 0.2) is 6.61 Å². The second kappa shape index (κ2) is 7.36. The number of hydrogen-bond donors (Lipinski definition) is 1. The van der Waals surface area contributed by atoms with Crippen LogP contribution in [0.3, 0.4) is 0 Å². The van der Waals surface area contributed by atoms with Gasteiger partial charge in [0.05, 0.1) is 6.54 Å². The Labute approximate surface area is 144 Å². The summed E-state index contributed by atoms with van der Waals surface area (Å²) in [5.41, 5.74) is 1.71. The maximum atomic E-state index is 12.3. The van der Waals surface area contributed by atoms with Crippen molar-refractivity contribution in [2.24, 2.45) is 0 Å². The van der Waals surface area contributed by atoms with Crippen LogP contribution in [0, 0.1) is 11.3 Å². The third kappa shape index (κ3) is 3.87. The van der Waals surface area contributed by atoms with Crippen LogP contribution in [-0.2, 0) is 4.74 Å². The van der Waals surface area contributed by atoms with Gasteiger partial charge < -0.3 is 14.8 Å². The molecule has 1 heterocycles. The van der Waals surface area contributed by atoms with E-state index in [9.17, 15) is 9.59 Å². The highest BCUT2D eigenvalue weighted by molar-refractivity contribution is 6.04. The smallest absolute Gasteiger partial charge is 0.414 e. The zero-order valence-electron chi connectivity index (χ0n) is 13.3. The lowest BCUT2D eigenvalue weighted by Gasteiger charge is -2.13. The molecule has 1 aliphatic rings. The fourth-order valence-corrected chi connectivity index (χ4v) is 2.40. The van der Waals surface area contributed by atoms with Crippen LogP contribution in [-0.4, -0.2) is 31.8 Å². The van der Waals surface area contributed by atoms with Crippen molar-refractivity contribution in [2.75, 3.05) is 30.0 Å². The van der Waals surface area contributed by atoms with Crippen molar-refractivity contribution in [1.82, 2.24) is 0 Å². The highest BCUT2D eigenvalue weighted by Crippen LogP contribution is 2.21. The minimum Gasteiger partial charge on any atom is -0.479 e. The second-order valence-corrected chi connectivity index (χ2v) is 5.24. The number of amides is 2. The highest BCUT2D eigenvalue weighted by atomic mass is 16.6. The topological polar surface area (TPSA) is 91.7 Å². The van der Waals surface area contributed by atoms with Crippen LogP contribution < -0.4 is 15.0 Å². The van der Waals surface area contributed by atoms with Gasteiger partial charge in [-0.2, -0.15) is 5.26 Å². The molecule has 25 heavy (non-hydrogen) atoms. The van der Waals surface area contributed by atoms with Gasteiger partial charge in [-0.25, -0.2) is 4.79 Å². The van der Waals surface area contributed by atoms with Gasteiger partial charge in [-0.05, 0) is 36.4 Å². The van der Waals surface area contributed by atoms with E-state index >= 15 is 0 Å². The predicted octanol–water partition coefficient (Wildman–Crippen LogP) is 2.80. The molecule has 1 fully saturated rings. The molecule has 0 unspecified atom stereocenters. The van der Waals surface area contributed by atoms with Gasteiger partial charge >= 0.3 is 6.09 Å². The molecule has 7 heteroatoms. The molecule has 0 spiro atoms. The summed E-state index contributed by atoms with van der Waals surface area (Å²) in [5.74, 6) is 0.218. The maximum Gasteiger partial charge on any atom is 0.414 e. The maximum absolute atomic E-state index is 12.3. The number of nitrogens with one attached hydrogen (secondary N) is 1. The van der Waals surface area contributed by atoms with Crippen LogP contribution >= 0.6 is 0 Å². The predicted molar refractivity (Wildman–Crippen MR) is 90.6 cm³/mol. The molecule has 0 radical (unpaired) electrons. The van der Waals surface area contributed by atoms with Crippen molar-refractivity contribution in [1.29, 1.82) is 5.26 Å². The molecule has 3 rings (SSSR count). The molecule has 1 aliphatic heterocycles. The van der Waals surface area contributed by atoms with Gasteiger partial charge in [0.25, 0.3) is 5.91 Å². The lowest BCUT2D eigenvalue weighted by atomic mass is 10.1. The minimum atomic E-state index is -0.383.